The van der Waals surface area contributed by atoms with Gasteiger partial charge in [0.15, 0.2) is 0 Å². The third-order valence-corrected chi connectivity index (χ3v) is 5.06. The Labute approximate surface area is 159 Å². The first-order valence-corrected chi connectivity index (χ1v) is 9.34. The van der Waals surface area contributed by atoms with Crippen LogP contribution in [0.15, 0.2) is 48.5 Å². The van der Waals surface area contributed by atoms with Gasteiger partial charge in [-0.25, -0.2) is 13.4 Å². The predicted molar refractivity (Wildman–Crippen MR) is 98.6 cm³/mol. The van der Waals surface area contributed by atoms with Crippen LogP contribution in [0.4, 0.5) is 4.39 Å². The fourth-order valence-electron chi connectivity index (χ4n) is 2.41. The topological polar surface area (TPSA) is 66.8 Å². The molecule has 0 saturated carbocycles. The second kappa shape index (κ2) is 9.78. The maximum Gasteiger partial charge on any atom is 0.337 e. The van der Waals surface area contributed by atoms with E-state index in [1.807, 2.05) is 30.3 Å². The summed E-state index contributed by atoms with van der Waals surface area (Å²) in [5, 5.41) is -0.325. The Bertz CT molecular complexity index is 775. The lowest BCUT2D eigenvalue weighted by atomic mass is 10.1. The minimum absolute atomic E-state index is 0.0790. The molecule has 2 atom stereocenters. The van der Waals surface area contributed by atoms with E-state index in [1.165, 1.54) is 23.5 Å². The number of hydrogen-bond acceptors (Lipinski definition) is 3. The highest BCUT2D eigenvalue weighted by atomic mass is 35.5. The average Bonchev–Trinajstić information content (AvgIpc) is 2.65. The molecule has 5 nitrogen and oxygen atoms in total. The number of carbonyl (C=O) groups is 1. The van der Waals surface area contributed by atoms with Gasteiger partial charge < -0.3 is 4.74 Å². The molecule has 0 bridgehead atoms. The lowest BCUT2D eigenvalue weighted by molar-refractivity contribution is 0.0600. The molecular formula is C18H19ClFNO4S. The van der Waals surface area contributed by atoms with Gasteiger partial charge >= 0.3 is 5.97 Å². The van der Waals surface area contributed by atoms with Gasteiger partial charge in [-0.3, -0.25) is 4.55 Å². The van der Waals surface area contributed by atoms with E-state index < -0.39 is 23.1 Å². The molecule has 0 aliphatic rings. The van der Waals surface area contributed by atoms with Crippen molar-refractivity contribution < 1.29 is 22.7 Å². The van der Waals surface area contributed by atoms with Crippen LogP contribution in [0.2, 0.25) is 0 Å². The molecule has 2 unspecified atom stereocenters. The zero-order valence-corrected chi connectivity index (χ0v) is 15.7. The van der Waals surface area contributed by atoms with E-state index in [-0.39, 0.29) is 29.6 Å². The van der Waals surface area contributed by atoms with Gasteiger partial charge in [0.05, 0.1) is 18.1 Å². The predicted octanol–water partition coefficient (Wildman–Crippen LogP) is 3.92. The average molecular weight is 400 g/mol. The third kappa shape index (κ3) is 5.60. The molecule has 8 heteroatoms. The first kappa shape index (κ1) is 20.5. The van der Waals surface area contributed by atoms with E-state index in [0.717, 1.165) is 11.6 Å². The monoisotopic (exact) mass is 399 g/mol. The van der Waals surface area contributed by atoms with Crippen LogP contribution in [0.25, 0.3) is 0 Å². The zero-order chi connectivity index (χ0) is 19.1. The summed E-state index contributed by atoms with van der Waals surface area (Å²) in [6, 6.07) is 13.2. The standard InChI is InChI=1S/C18H19ClFNO4S/c1-25-18(22)14-7-8-15(17(20)11-14)12-21(26(23)24)10-9-16(19)13-5-3-2-4-6-13/h2-8,11,16H,9-10,12H2,1H3,(H,23,24). The first-order valence-electron chi connectivity index (χ1n) is 7.84. The molecule has 0 fully saturated rings. The second-order valence-corrected chi connectivity index (χ2v) is 7.06. The van der Waals surface area contributed by atoms with E-state index >= 15 is 0 Å². The number of rotatable bonds is 8. The molecule has 0 spiro atoms. The summed E-state index contributed by atoms with van der Waals surface area (Å²) in [4.78, 5) is 11.4. The van der Waals surface area contributed by atoms with Gasteiger partial charge in [-0.15, -0.1) is 11.6 Å². The van der Waals surface area contributed by atoms with Crippen LogP contribution in [0.5, 0.6) is 0 Å². The van der Waals surface area contributed by atoms with Crippen molar-refractivity contribution in [1.82, 2.24) is 4.31 Å². The van der Waals surface area contributed by atoms with Crippen LogP contribution in [0, 0.1) is 5.82 Å². The highest BCUT2D eigenvalue weighted by Crippen LogP contribution is 2.25. The molecule has 0 aliphatic carbocycles. The molecule has 2 rings (SSSR count). The van der Waals surface area contributed by atoms with E-state index in [9.17, 15) is 17.9 Å². The van der Waals surface area contributed by atoms with Gasteiger partial charge in [-0.2, -0.15) is 4.31 Å². The summed E-state index contributed by atoms with van der Waals surface area (Å²) >= 11 is 4.04. The maximum absolute atomic E-state index is 14.2. The van der Waals surface area contributed by atoms with Gasteiger partial charge in [0.25, 0.3) is 0 Å². The Morgan fingerprint density at radius 2 is 2.00 bits per heavy atom. The normalized spacial score (nSPS) is 13.4. The van der Waals surface area contributed by atoms with Crippen molar-refractivity contribution >= 4 is 28.8 Å². The van der Waals surface area contributed by atoms with Crippen LogP contribution in [-0.4, -0.2) is 32.7 Å². The number of ether oxygens (including phenoxy) is 1. The van der Waals surface area contributed by atoms with Gasteiger partial charge in [0.1, 0.15) is 5.82 Å². The molecule has 0 aliphatic heterocycles. The molecule has 2 aromatic carbocycles. The van der Waals surface area contributed by atoms with Crippen molar-refractivity contribution in [2.24, 2.45) is 0 Å². The molecular weight excluding hydrogens is 381 g/mol. The number of benzene rings is 2. The summed E-state index contributed by atoms with van der Waals surface area (Å²) < 4.78 is 41.0. The van der Waals surface area contributed by atoms with Crippen molar-refractivity contribution in [3.63, 3.8) is 0 Å². The molecule has 0 saturated heterocycles. The molecule has 2 aromatic rings. The van der Waals surface area contributed by atoms with Crippen molar-refractivity contribution in [2.75, 3.05) is 13.7 Å². The number of methoxy groups -OCH3 is 1. The second-order valence-electron chi connectivity index (χ2n) is 5.56. The molecule has 1 N–H and O–H groups in total. The fraction of sp³-hybridized carbons (Fsp3) is 0.278. The summed E-state index contributed by atoms with van der Waals surface area (Å²) in [5.74, 6) is -1.29. The lowest BCUT2D eigenvalue weighted by Gasteiger charge is -2.20. The molecule has 0 amide bonds. The Kier molecular flexibility index (Phi) is 7.71. The number of hydrogen-bond donors (Lipinski definition) is 1. The highest BCUT2D eigenvalue weighted by Gasteiger charge is 2.18. The van der Waals surface area contributed by atoms with Gasteiger partial charge in [0.2, 0.25) is 11.3 Å². The number of alkyl halides is 1. The summed E-state index contributed by atoms with van der Waals surface area (Å²) in [6.45, 7) is 0.110. The minimum atomic E-state index is -2.28. The van der Waals surface area contributed by atoms with Gasteiger partial charge in [-0.05, 0) is 24.1 Å². The van der Waals surface area contributed by atoms with E-state index in [0.29, 0.717) is 6.42 Å². The van der Waals surface area contributed by atoms with Crippen LogP contribution < -0.4 is 0 Å². The largest absolute Gasteiger partial charge is 0.465 e. The molecule has 0 aromatic heterocycles. The Morgan fingerprint density at radius 3 is 2.58 bits per heavy atom. The molecule has 26 heavy (non-hydrogen) atoms. The first-order chi connectivity index (χ1) is 12.4. The van der Waals surface area contributed by atoms with Crippen molar-refractivity contribution in [3.05, 3.63) is 71.0 Å². The summed E-state index contributed by atoms with van der Waals surface area (Å²) in [6.07, 6.45) is 0.416. The molecule has 0 radical (unpaired) electrons. The van der Waals surface area contributed by atoms with Crippen molar-refractivity contribution in [1.29, 1.82) is 0 Å². The fourth-order valence-corrected chi connectivity index (χ4v) is 3.16. The third-order valence-electron chi connectivity index (χ3n) is 3.83. The SMILES string of the molecule is COC(=O)c1ccc(CN(CCC(Cl)c2ccccc2)S(=O)O)c(F)c1. The zero-order valence-electron chi connectivity index (χ0n) is 14.1. The van der Waals surface area contributed by atoms with Crippen LogP contribution >= 0.6 is 11.6 Å². The van der Waals surface area contributed by atoms with E-state index in [1.54, 1.807) is 0 Å². The van der Waals surface area contributed by atoms with Gasteiger partial charge in [-0.1, -0.05) is 36.4 Å². The Morgan fingerprint density at radius 1 is 1.31 bits per heavy atom. The smallest absolute Gasteiger partial charge is 0.337 e. The Hall–Kier alpha value is -1.80. The summed E-state index contributed by atoms with van der Waals surface area (Å²) in [7, 11) is 1.21. The highest BCUT2D eigenvalue weighted by molar-refractivity contribution is 7.76. The maximum atomic E-state index is 14.2. The van der Waals surface area contributed by atoms with Crippen LogP contribution in [0.3, 0.4) is 0 Å². The van der Waals surface area contributed by atoms with Gasteiger partial charge in [0, 0.05) is 18.7 Å². The lowest BCUT2D eigenvalue weighted by Crippen LogP contribution is -2.27. The number of nitrogens with zero attached hydrogens (tertiary/aromatic N) is 1. The molecule has 140 valence electrons. The Balaban J connectivity index is 2.04. The minimum Gasteiger partial charge on any atom is -0.465 e. The van der Waals surface area contributed by atoms with Crippen LogP contribution in [-0.2, 0) is 22.5 Å². The summed E-state index contributed by atoms with van der Waals surface area (Å²) in [5.41, 5.74) is 1.19. The van der Waals surface area contributed by atoms with Crippen LogP contribution in [0.1, 0.15) is 33.3 Å². The van der Waals surface area contributed by atoms with Crippen molar-refractivity contribution in [3.8, 4) is 0 Å². The molecule has 0 heterocycles. The van der Waals surface area contributed by atoms with E-state index in [4.69, 9.17) is 11.6 Å². The number of halogens is 2. The quantitative estimate of drug-likeness (QED) is 0.415. The van der Waals surface area contributed by atoms with E-state index in [2.05, 4.69) is 4.74 Å². The van der Waals surface area contributed by atoms with Crippen molar-refractivity contribution in [2.45, 2.75) is 18.3 Å². The number of esters is 1. The number of carbonyl (C=O) groups excluding carboxylic acids is 1.